The fraction of sp³-hybridized carbons (Fsp3) is 0.500. The lowest BCUT2D eigenvalue weighted by Crippen LogP contribution is -2.17. The highest BCUT2D eigenvalue weighted by Gasteiger charge is 2.04. The molecule has 0 aromatic heterocycles. The quantitative estimate of drug-likeness (QED) is 0.609. The molecule has 0 saturated heterocycles. The second-order valence-corrected chi connectivity index (χ2v) is 4.88. The predicted molar refractivity (Wildman–Crippen MR) is 78.0 cm³/mol. The monoisotopic (exact) mass is 269 g/mol. The maximum absolute atomic E-state index is 10.5. The van der Waals surface area contributed by atoms with Crippen molar-refractivity contribution in [1.29, 1.82) is 0 Å². The SMILES string of the molecule is CCCN(CCC)Sc1ccc(C=O)cc1.CO. The summed E-state index contributed by atoms with van der Waals surface area (Å²) in [6.45, 7) is 6.60. The highest BCUT2D eigenvalue weighted by molar-refractivity contribution is 7.97. The van der Waals surface area contributed by atoms with Crippen molar-refractivity contribution in [3.8, 4) is 0 Å². The van der Waals surface area contributed by atoms with Gasteiger partial charge in [-0.2, -0.15) is 0 Å². The van der Waals surface area contributed by atoms with Gasteiger partial charge in [-0.15, -0.1) is 0 Å². The van der Waals surface area contributed by atoms with Crippen LogP contribution in [-0.2, 0) is 0 Å². The maximum atomic E-state index is 10.5. The van der Waals surface area contributed by atoms with Crippen LogP contribution in [0.2, 0.25) is 0 Å². The number of carbonyl (C=O) groups excluding carboxylic acids is 1. The highest BCUT2D eigenvalue weighted by atomic mass is 32.2. The van der Waals surface area contributed by atoms with Gasteiger partial charge in [0.25, 0.3) is 0 Å². The van der Waals surface area contributed by atoms with Crippen LogP contribution in [0.15, 0.2) is 29.2 Å². The second kappa shape index (κ2) is 11.3. The maximum Gasteiger partial charge on any atom is 0.150 e. The standard InChI is InChI=1S/C13H19NOS.CH4O/c1-3-9-14(10-4-2)16-13-7-5-12(11-15)6-8-13;1-2/h5-8,11H,3-4,9-10H2,1-2H3;2H,1H3. The molecule has 1 aromatic carbocycles. The minimum atomic E-state index is 0.738. The summed E-state index contributed by atoms with van der Waals surface area (Å²) in [6, 6.07) is 7.75. The Kier molecular flexibility index (Phi) is 10.7. The Hall–Kier alpha value is -0.840. The largest absolute Gasteiger partial charge is 0.400 e. The number of aldehydes is 1. The topological polar surface area (TPSA) is 40.5 Å². The molecule has 4 heteroatoms. The summed E-state index contributed by atoms with van der Waals surface area (Å²) in [4.78, 5) is 11.7. The van der Waals surface area contributed by atoms with Crippen LogP contribution in [0.3, 0.4) is 0 Å². The van der Waals surface area contributed by atoms with E-state index < -0.39 is 0 Å². The van der Waals surface area contributed by atoms with E-state index in [4.69, 9.17) is 5.11 Å². The molecule has 102 valence electrons. The lowest BCUT2D eigenvalue weighted by atomic mass is 10.2. The number of benzene rings is 1. The Bertz CT molecular complexity index is 308. The number of hydrogen-bond acceptors (Lipinski definition) is 4. The molecule has 0 aliphatic rings. The highest BCUT2D eigenvalue weighted by Crippen LogP contribution is 2.23. The van der Waals surface area contributed by atoms with E-state index in [1.807, 2.05) is 24.3 Å². The molecule has 1 rings (SSSR count). The van der Waals surface area contributed by atoms with Crippen molar-refractivity contribution in [3.63, 3.8) is 0 Å². The zero-order chi connectivity index (χ0) is 13.8. The average Bonchev–Trinajstić information content (AvgIpc) is 2.42. The molecule has 1 N–H and O–H groups in total. The van der Waals surface area contributed by atoms with Crippen molar-refractivity contribution in [2.45, 2.75) is 31.6 Å². The van der Waals surface area contributed by atoms with Crippen LogP contribution in [0.5, 0.6) is 0 Å². The Labute approximate surface area is 114 Å². The smallest absolute Gasteiger partial charge is 0.150 e. The first-order chi connectivity index (χ1) is 8.80. The summed E-state index contributed by atoms with van der Waals surface area (Å²) in [5, 5.41) is 7.00. The molecular formula is C14H23NO2S. The predicted octanol–water partition coefficient (Wildman–Crippen LogP) is 3.24. The minimum Gasteiger partial charge on any atom is -0.400 e. The number of rotatable bonds is 7. The van der Waals surface area contributed by atoms with Crippen LogP contribution in [0, 0.1) is 0 Å². The van der Waals surface area contributed by atoms with Crippen LogP contribution in [0.25, 0.3) is 0 Å². The van der Waals surface area contributed by atoms with Crippen LogP contribution >= 0.6 is 11.9 Å². The van der Waals surface area contributed by atoms with Gasteiger partial charge in [0.2, 0.25) is 0 Å². The first-order valence-electron chi connectivity index (χ1n) is 6.23. The zero-order valence-electron chi connectivity index (χ0n) is 11.4. The molecule has 0 spiro atoms. The molecule has 1 aromatic rings. The van der Waals surface area contributed by atoms with E-state index in [-0.39, 0.29) is 0 Å². The summed E-state index contributed by atoms with van der Waals surface area (Å²) in [5.74, 6) is 0. The number of aliphatic hydroxyl groups is 1. The molecule has 0 amide bonds. The molecule has 0 heterocycles. The fourth-order valence-electron chi connectivity index (χ4n) is 1.46. The van der Waals surface area contributed by atoms with Gasteiger partial charge in [-0.3, -0.25) is 4.79 Å². The minimum absolute atomic E-state index is 0.738. The molecule has 0 saturated carbocycles. The van der Waals surface area contributed by atoms with Gasteiger partial charge in [0.05, 0.1) is 0 Å². The van der Waals surface area contributed by atoms with E-state index in [1.54, 1.807) is 11.9 Å². The fourth-order valence-corrected chi connectivity index (χ4v) is 2.56. The van der Waals surface area contributed by atoms with E-state index in [1.165, 1.54) is 17.7 Å². The Morgan fingerprint density at radius 3 is 2.00 bits per heavy atom. The van der Waals surface area contributed by atoms with Gasteiger partial charge in [0.1, 0.15) is 6.29 Å². The van der Waals surface area contributed by atoms with Crippen molar-refractivity contribution in [1.82, 2.24) is 4.31 Å². The average molecular weight is 269 g/mol. The van der Waals surface area contributed by atoms with E-state index in [0.29, 0.717) is 0 Å². The number of hydrogen-bond donors (Lipinski definition) is 1. The van der Waals surface area contributed by atoms with Gasteiger partial charge in [-0.1, -0.05) is 26.0 Å². The summed E-state index contributed by atoms with van der Waals surface area (Å²) in [6.07, 6.45) is 3.21. The summed E-state index contributed by atoms with van der Waals surface area (Å²) in [7, 11) is 1.00. The Morgan fingerprint density at radius 1 is 1.11 bits per heavy atom. The van der Waals surface area contributed by atoms with Gasteiger partial charge < -0.3 is 5.11 Å². The Balaban J connectivity index is 0.00000137. The van der Waals surface area contributed by atoms with Crippen LogP contribution in [0.4, 0.5) is 0 Å². The van der Waals surface area contributed by atoms with Gasteiger partial charge in [-0.05, 0) is 36.9 Å². The first-order valence-corrected chi connectivity index (χ1v) is 7.00. The normalized spacial score (nSPS) is 9.83. The summed E-state index contributed by atoms with van der Waals surface area (Å²) < 4.78 is 2.37. The van der Waals surface area contributed by atoms with E-state index in [2.05, 4.69) is 18.2 Å². The van der Waals surface area contributed by atoms with E-state index >= 15 is 0 Å². The molecule has 0 unspecified atom stereocenters. The van der Waals surface area contributed by atoms with Crippen molar-refractivity contribution >= 4 is 18.2 Å². The van der Waals surface area contributed by atoms with Gasteiger partial charge >= 0.3 is 0 Å². The van der Waals surface area contributed by atoms with Crippen LogP contribution in [0.1, 0.15) is 37.0 Å². The molecule has 3 nitrogen and oxygen atoms in total. The van der Waals surface area contributed by atoms with E-state index in [9.17, 15) is 4.79 Å². The number of carbonyl (C=O) groups is 1. The Morgan fingerprint density at radius 2 is 1.61 bits per heavy atom. The van der Waals surface area contributed by atoms with Crippen LogP contribution < -0.4 is 0 Å². The third-order valence-corrected chi connectivity index (χ3v) is 3.30. The van der Waals surface area contributed by atoms with Gasteiger partial charge in [-0.25, -0.2) is 4.31 Å². The van der Waals surface area contributed by atoms with Crippen molar-refractivity contribution in [2.24, 2.45) is 0 Å². The molecule has 0 radical (unpaired) electrons. The van der Waals surface area contributed by atoms with E-state index in [0.717, 1.165) is 32.0 Å². The molecule has 0 aliphatic heterocycles. The first kappa shape index (κ1) is 17.2. The number of nitrogens with zero attached hydrogens (tertiary/aromatic N) is 1. The van der Waals surface area contributed by atoms with Crippen LogP contribution in [-0.4, -0.2) is 35.9 Å². The molecule has 18 heavy (non-hydrogen) atoms. The molecule has 0 aliphatic carbocycles. The summed E-state index contributed by atoms with van der Waals surface area (Å²) in [5.41, 5.74) is 0.738. The van der Waals surface area contributed by atoms with Gasteiger partial charge in [0, 0.05) is 30.7 Å². The lowest BCUT2D eigenvalue weighted by molar-refractivity contribution is 0.112. The molecular weight excluding hydrogens is 246 g/mol. The zero-order valence-corrected chi connectivity index (χ0v) is 12.2. The lowest BCUT2D eigenvalue weighted by Gasteiger charge is -2.19. The van der Waals surface area contributed by atoms with Crippen molar-refractivity contribution in [3.05, 3.63) is 29.8 Å². The third-order valence-electron chi connectivity index (χ3n) is 2.20. The van der Waals surface area contributed by atoms with Crippen molar-refractivity contribution < 1.29 is 9.90 Å². The second-order valence-electron chi connectivity index (χ2n) is 3.71. The molecule has 0 fully saturated rings. The summed E-state index contributed by atoms with van der Waals surface area (Å²) >= 11 is 1.77. The van der Waals surface area contributed by atoms with Gasteiger partial charge in [0.15, 0.2) is 0 Å². The molecule has 0 atom stereocenters. The molecule has 0 bridgehead atoms. The van der Waals surface area contributed by atoms with Crippen molar-refractivity contribution in [2.75, 3.05) is 20.2 Å². The third kappa shape index (κ3) is 6.79. The number of aliphatic hydroxyl groups excluding tert-OH is 1.